The van der Waals surface area contributed by atoms with Crippen molar-refractivity contribution in [2.24, 2.45) is 0 Å². The summed E-state index contributed by atoms with van der Waals surface area (Å²) in [5.41, 5.74) is -1.23. The van der Waals surface area contributed by atoms with Crippen molar-refractivity contribution >= 4 is 5.78 Å². The third-order valence-corrected chi connectivity index (χ3v) is 1.33. The fraction of sp³-hybridized carbons (Fsp3) is 0.222. The average Bonchev–Trinajstić information content (AvgIpc) is 1.97. The monoisotopic (exact) mass is 148 g/mol. The van der Waals surface area contributed by atoms with Crippen molar-refractivity contribution in [1.82, 2.24) is 0 Å². The average molecular weight is 148 g/mol. The highest BCUT2D eigenvalue weighted by molar-refractivity contribution is 6.00. The molecule has 0 aromatic heterocycles. The third kappa shape index (κ3) is 1.79. The molecule has 0 saturated heterocycles. The second-order valence-corrected chi connectivity index (χ2v) is 2.27. The summed E-state index contributed by atoms with van der Waals surface area (Å²) in [4.78, 5) is 10.6. The second-order valence-electron chi connectivity index (χ2n) is 2.27. The van der Waals surface area contributed by atoms with Gasteiger partial charge in [0.15, 0.2) is 11.4 Å². The Hall–Kier alpha value is -1.33. The Balaban J connectivity index is 2.90. The van der Waals surface area contributed by atoms with Gasteiger partial charge in [-0.25, -0.2) is 0 Å². The quantitative estimate of drug-likeness (QED) is 0.506. The molecule has 0 atom stereocenters. The topological polar surface area (TPSA) is 37.3 Å². The Labute approximate surface area is 65.2 Å². The van der Waals surface area contributed by atoms with Crippen LogP contribution in [0.25, 0.3) is 0 Å². The first-order chi connectivity index (χ1) is 5.16. The van der Waals surface area contributed by atoms with Gasteiger partial charge < -0.3 is 5.11 Å². The van der Waals surface area contributed by atoms with E-state index in [1.165, 1.54) is 24.3 Å². The maximum atomic E-state index is 10.6. The molecule has 1 N–H and O–H groups in total. The number of allylic oxidation sites excluding steroid dienone is 2. The molecule has 2 heteroatoms. The van der Waals surface area contributed by atoms with Gasteiger partial charge in [-0.3, -0.25) is 4.79 Å². The lowest BCUT2D eigenvalue weighted by Crippen LogP contribution is -2.23. The van der Waals surface area contributed by atoms with Gasteiger partial charge in [0.25, 0.3) is 0 Å². The summed E-state index contributed by atoms with van der Waals surface area (Å²) in [7, 11) is 0. The molecule has 0 radical (unpaired) electrons. The highest BCUT2D eigenvalue weighted by atomic mass is 16.3. The summed E-state index contributed by atoms with van der Waals surface area (Å²) in [5, 5.41) is 9.49. The third-order valence-electron chi connectivity index (χ3n) is 1.33. The van der Waals surface area contributed by atoms with E-state index in [1.54, 1.807) is 6.92 Å². The molecule has 1 aliphatic rings. The molecule has 11 heavy (non-hydrogen) atoms. The van der Waals surface area contributed by atoms with Gasteiger partial charge in [-0.1, -0.05) is 5.92 Å². The van der Waals surface area contributed by atoms with E-state index < -0.39 is 5.60 Å². The number of hydrogen-bond donors (Lipinski definition) is 1. The molecule has 0 saturated carbocycles. The SMILES string of the molecule is CC#CC1(O)C=CC(=O)C=C1. The molecule has 0 aliphatic heterocycles. The summed E-state index contributed by atoms with van der Waals surface area (Å²) >= 11 is 0. The van der Waals surface area contributed by atoms with Gasteiger partial charge >= 0.3 is 0 Å². The van der Waals surface area contributed by atoms with Gasteiger partial charge in [0, 0.05) is 0 Å². The zero-order valence-corrected chi connectivity index (χ0v) is 6.16. The lowest BCUT2D eigenvalue weighted by atomic mass is 9.98. The van der Waals surface area contributed by atoms with E-state index in [9.17, 15) is 9.90 Å². The molecular formula is C9H8O2. The van der Waals surface area contributed by atoms with Crippen LogP contribution >= 0.6 is 0 Å². The van der Waals surface area contributed by atoms with E-state index in [0.29, 0.717) is 0 Å². The fourth-order valence-corrected chi connectivity index (χ4v) is 0.813. The zero-order valence-electron chi connectivity index (χ0n) is 6.16. The molecule has 56 valence electrons. The van der Waals surface area contributed by atoms with E-state index in [1.807, 2.05) is 0 Å². The van der Waals surface area contributed by atoms with Crippen molar-refractivity contribution < 1.29 is 9.90 Å². The molecule has 0 bridgehead atoms. The molecule has 0 aromatic carbocycles. The van der Waals surface area contributed by atoms with Crippen LogP contribution in [0, 0.1) is 11.8 Å². The number of hydrogen-bond acceptors (Lipinski definition) is 2. The Kier molecular flexibility index (Phi) is 1.93. The normalized spacial score (nSPS) is 19.3. The van der Waals surface area contributed by atoms with Crippen LogP contribution in [-0.2, 0) is 4.79 Å². The van der Waals surface area contributed by atoms with Crippen molar-refractivity contribution in [2.75, 3.05) is 0 Å². The summed E-state index contributed by atoms with van der Waals surface area (Å²) in [5.74, 6) is 5.02. The molecule has 0 amide bonds. The smallest absolute Gasteiger partial charge is 0.178 e. The van der Waals surface area contributed by atoms with Crippen LogP contribution in [0.3, 0.4) is 0 Å². The van der Waals surface area contributed by atoms with Gasteiger partial charge in [-0.15, -0.1) is 5.92 Å². The van der Waals surface area contributed by atoms with Crippen molar-refractivity contribution in [3.8, 4) is 11.8 Å². The fourth-order valence-electron chi connectivity index (χ4n) is 0.813. The van der Waals surface area contributed by atoms with Gasteiger partial charge in [0.1, 0.15) is 0 Å². The van der Waals surface area contributed by atoms with E-state index in [0.717, 1.165) is 0 Å². The largest absolute Gasteiger partial charge is 0.370 e. The van der Waals surface area contributed by atoms with Crippen LogP contribution in [0.1, 0.15) is 6.92 Å². The standard InChI is InChI=1S/C9H8O2/c1-2-5-9(11)6-3-8(10)4-7-9/h3-4,6-7,11H,1H3. The van der Waals surface area contributed by atoms with Crippen LogP contribution in [0.2, 0.25) is 0 Å². The first-order valence-corrected chi connectivity index (χ1v) is 3.25. The minimum atomic E-state index is -1.23. The minimum absolute atomic E-state index is 0.118. The Morgan fingerprint density at radius 1 is 1.45 bits per heavy atom. The van der Waals surface area contributed by atoms with Crippen molar-refractivity contribution in [3.63, 3.8) is 0 Å². The molecule has 0 spiro atoms. The van der Waals surface area contributed by atoms with Crippen LogP contribution in [0.5, 0.6) is 0 Å². The van der Waals surface area contributed by atoms with Crippen molar-refractivity contribution in [3.05, 3.63) is 24.3 Å². The van der Waals surface area contributed by atoms with E-state index >= 15 is 0 Å². The van der Waals surface area contributed by atoms with Crippen LogP contribution in [0.15, 0.2) is 24.3 Å². The van der Waals surface area contributed by atoms with Gasteiger partial charge in [-0.05, 0) is 31.2 Å². The lowest BCUT2D eigenvalue weighted by Gasteiger charge is -2.14. The van der Waals surface area contributed by atoms with E-state index in [-0.39, 0.29) is 5.78 Å². The van der Waals surface area contributed by atoms with Gasteiger partial charge in [-0.2, -0.15) is 0 Å². The second kappa shape index (κ2) is 2.73. The molecule has 2 nitrogen and oxygen atoms in total. The molecule has 1 rings (SSSR count). The molecule has 0 unspecified atom stereocenters. The van der Waals surface area contributed by atoms with Crippen LogP contribution in [0.4, 0.5) is 0 Å². The molecule has 0 heterocycles. The Morgan fingerprint density at radius 3 is 2.45 bits per heavy atom. The number of rotatable bonds is 0. The van der Waals surface area contributed by atoms with Gasteiger partial charge in [0.05, 0.1) is 0 Å². The number of carbonyl (C=O) groups excluding carboxylic acids is 1. The Morgan fingerprint density at radius 2 is 2.00 bits per heavy atom. The van der Waals surface area contributed by atoms with E-state index in [4.69, 9.17) is 0 Å². The van der Waals surface area contributed by atoms with Crippen molar-refractivity contribution in [1.29, 1.82) is 0 Å². The van der Waals surface area contributed by atoms with Crippen molar-refractivity contribution in [2.45, 2.75) is 12.5 Å². The summed E-state index contributed by atoms with van der Waals surface area (Å²) in [6.45, 7) is 1.63. The maximum Gasteiger partial charge on any atom is 0.178 e. The summed E-state index contributed by atoms with van der Waals surface area (Å²) in [6.07, 6.45) is 5.38. The number of aliphatic hydroxyl groups is 1. The molecule has 1 aliphatic carbocycles. The zero-order chi connectivity index (χ0) is 8.32. The number of carbonyl (C=O) groups is 1. The highest BCUT2D eigenvalue weighted by Crippen LogP contribution is 2.11. The number of ketones is 1. The first kappa shape index (κ1) is 7.77. The lowest BCUT2D eigenvalue weighted by molar-refractivity contribution is -0.110. The first-order valence-electron chi connectivity index (χ1n) is 3.25. The minimum Gasteiger partial charge on any atom is -0.370 e. The van der Waals surface area contributed by atoms with Crippen LogP contribution < -0.4 is 0 Å². The predicted molar refractivity (Wildman–Crippen MR) is 41.7 cm³/mol. The Bertz CT molecular complexity index is 270. The molecule has 0 aromatic rings. The maximum absolute atomic E-state index is 10.6. The van der Waals surface area contributed by atoms with Crippen LogP contribution in [-0.4, -0.2) is 16.5 Å². The van der Waals surface area contributed by atoms with Gasteiger partial charge in [0.2, 0.25) is 0 Å². The van der Waals surface area contributed by atoms with E-state index in [2.05, 4.69) is 11.8 Å². The highest BCUT2D eigenvalue weighted by Gasteiger charge is 2.19. The summed E-state index contributed by atoms with van der Waals surface area (Å²) in [6, 6.07) is 0. The summed E-state index contributed by atoms with van der Waals surface area (Å²) < 4.78 is 0. The molecule has 0 fully saturated rings. The molecular weight excluding hydrogens is 140 g/mol. The predicted octanol–water partition coefficient (Wildman–Crippen LogP) is 0.436.